The molecule has 1 aliphatic rings. The minimum Gasteiger partial charge on any atom is -0.372 e. The van der Waals surface area contributed by atoms with E-state index < -0.39 is 0 Å². The predicted molar refractivity (Wildman–Crippen MR) is 78.6 cm³/mol. The molecular formula is C15H25N3O. The number of ether oxygens (including phenoxy) is 1. The van der Waals surface area contributed by atoms with Crippen molar-refractivity contribution in [3.8, 4) is 0 Å². The van der Waals surface area contributed by atoms with E-state index in [1.807, 2.05) is 6.20 Å². The van der Waals surface area contributed by atoms with Crippen molar-refractivity contribution in [2.24, 2.45) is 0 Å². The maximum absolute atomic E-state index is 5.75. The van der Waals surface area contributed by atoms with Gasteiger partial charge in [-0.1, -0.05) is 6.92 Å². The first-order chi connectivity index (χ1) is 9.02. The van der Waals surface area contributed by atoms with Crippen molar-refractivity contribution in [2.45, 2.75) is 39.3 Å². The fraction of sp³-hybridized carbons (Fsp3) is 0.667. The molecule has 0 spiro atoms. The Morgan fingerprint density at radius 2 is 2.32 bits per heavy atom. The maximum atomic E-state index is 5.75. The highest BCUT2D eigenvalue weighted by molar-refractivity contribution is 5.42. The van der Waals surface area contributed by atoms with Crippen LogP contribution in [0.5, 0.6) is 0 Å². The Morgan fingerprint density at radius 3 is 3.00 bits per heavy atom. The first-order valence-corrected chi connectivity index (χ1v) is 7.10. The third-order valence-electron chi connectivity index (χ3n) is 3.53. The molecule has 1 fully saturated rings. The molecule has 0 amide bonds. The van der Waals surface area contributed by atoms with Crippen LogP contribution in [0.4, 0.5) is 5.82 Å². The molecule has 1 unspecified atom stereocenters. The molecule has 1 N–H and O–H groups in total. The average molecular weight is 263 g/mol. The largest absolute Gasteiger partial charge is 0.372 e. The third kappa shape index (κ3) is 3.67. The van der Waals surface area contributed by atoms with Crippen molar-refractivity contribution in [3.63, 3.8) is 0 Å². The van der Waals surface area contributed by atoms with Crippen LogP contribution in [0.1, 0.15) is 39.3 Å². The van der Waals surface area contributed by atoms with Gasteiger partial charge in [0, 0.05) is 25.3 Å². The second kappa shape index (κ2) is 5.88. The Bertz CT molecular complexity index is 420. The standard InChI is InChI=1S/C15H25N3O/c1-5-16-12(2)13-6-7-17-14(10-13)18-8-9-19-15(3,4)11-18/h6-7,10,12,16H,5,8-9,11H2,1-4H3. The Balaban J connectivity index is 2.14. The van der Waals surface area contributed by atoms with Gasteiger partial charge in [0.2, 0.25) is 0 Å². The van der Waals surface area contributed by atoms with Crippen molar-refractivity contribution in [1.29, 1.82) is 0 Å². The highest BCUT2D eigenvalue weighted by Crippen LogP contribution is 2.23. The summed E-state index contributed by atoms with van der Waals surface area (Å²) in [4.78, 5) is 6.82. The van der Waals surface area contributed by atoms with E-state index in [9.17, 15) is 0 Å². The molecule has 2 heterocycles. The predicted octanol–water partition coefficient (Wildman–Crippen LogP) is 2.37. The Labute approximate surface area is 116 Å². The van der Waals surface area contributed by atoms with Crippen molar-refractivity contribution in [2.75, 3.05) is 31.1 Å². The number of hydrogen-bond acceptors (Lipinski definition) is 4. The monoisotopic (exact) mass is 263 g/mol. The van der Waals surface area contributed by atoms with Gasteiger partial charge in [-0.3, -0.25) is 0 Å². The molecule has 1 aromatic rings. The number of pyridine rings is 1. The van der Waals surface area contributed by atoms with Crippen LogP contribution in [-0.2, 0) is 4.74 Å². The smallest absolute Gasteiger partial charge is 0.128 e. The van der Waals surface area contributed by atoms with Crippen molar-refractivity contribution < 1.29 is 4.74 Å². The molecule has 0 aliphatic carbocycles. The van der Waals surface area contributed by atoms with Gasteiger partial charge in [-0.25, -0.2) is 4.98 Å². The lowest BCUT2D eigenvalue weighted by molar-refractivity contribution is -0.0279. The number of nitrogens with zero attached hydrogens (tertiary/aromatic N) is 2. The van der Waals surface area contributed by atoms with E-state index in [1.54, 1.807) is 0 Å². The van der Waals surface area contributed by atoms with E-state index in [2.05, 4.69) is 55.0 Å². The van der Waals surface area contributed by atoms with Crippen LogP contribution in [0, 0.1) is 0 Å². The quantitative estimate of drug-likeness (QED) is 0.905. The number of anilines is 1. The fourth-order valence-electron chi connectivity index (χ4n) is 2.51. The molecule has 4 heteroatoms. The summed E-state index contributed by atoms with van der Waals surface area (Å²) < 4.78 is 5.75. The van der Waals surface area contributed by atoms with E-state index in [0.29, 0.717) is 6.04 Å². The summed E-state index contributed by atoms with van der Waals surface area (Å²) in [7, 11) is 0. The van der Waals surface area contributed by atoms with Crippen LogP contribution in [0.3, 0.4) is 0 Å². The van der Waals surface area contributed by atoms with E-state index in [-0.39, 0.29) is 5.60 Å². The molecule has 0 aromatic carbocycles. The van der Waals surface area contributed by atoms with Gasteiger partial charge in [0.1, 0.15) is 5.82 Å². The molecule has 0 radical (unpaired) electrons. The number of aromatic nitrogens is 1. The van der Waals surface area contributed by atoms with Crippen molar-refractivity contribution >= 4 is 5.82 Å². The Hall–Kier alpha value is -1.13. The lowest BCUT2D eigenvalue weighted by Gasteiger charge is -2.39. The SMILES string of the molecule is CCNC(C)c1ccnc(N2CCOC(C)(C)C2)c1. The van der Waals surface area contributed by atoms with Crippen LogP contribution < -0.4 is 10.2 Å². The minimum atomic E-state index is -0.0940. The van der Waals surface area contributed by atoms with Gasteiger partial charge in [-0.15, -0.1) is 0 Å². The maximum Gasteiger partial charge on any atom is 0.128 e. The lowest BCUT2D eigenvalue weighted by Crippen LogP contribution is -2.48. The molecule has 1 atom stereocenters. The Morgan fingerprint density at radius 1 is 1.53 bits per heavy atom. The molecule has 0 bridgehead atoms. The third-order valence-corrected chi connectivity index (χ3v) is 3.53. The average Bonchev–Trinajstić information content (AvgIpc) is 2.38. The molecule has 2 rings (SSSR count). The van der Waals surface area contributed by atoms with Gasteiger partial charge in [0.25, 0.3) is 0 Å². The second-order valence-electron chi connectivity index (χ2n) is 5.76. The highest BCUT2D eigenvalue weighted by Gasteiger charge is 2.28. The number of hydrogen-bond donors (Lipinski definition) is 1. The molecule has 0 saturated carbocycles. The van der Waals surface area contributed by atoms with Crippen LogP contribution in [0.15, 0.2) is 18.3 Å². The minimum absolute atomic E-state index is 0.0940. The van der Waals surface area contributed by atoms with Crippen LogP contribution in [0.2, 0.25) is 0 Å². The molecule has 1 aromatic heterocycles. The number of nitrogens with one attached hydrogen (secondary N) is 1. The van der Waals surface area contributed by atoms with E-state index in [0.717, 1.165) is 32.1 Å². The summed E-state index contributed by atoms with van der Waals surface area (Å²) in [6.07, 6.45) is 1.90. The summed E-state index contributed by atoms with van der Waals surface area (Å²) in [5.74, 6) is 1.05. The zero-order valence-corrected chi connectivity index (χ0v) is 12.4. The summed E-state index contributed by atoms with van der Waals surface area (Å²) in [5.41, 5.74) is 1.19. The molecule has 106 valence electrons. The van der Waals surface area contributed by atoms with Crippen LogP contribution in [0.25, 0.3) is 0 Å². The summed E-state index contributed by atoms with van der Waals surface area (Å²) in [6, 6.07) is 4.64. The summed E-state index contributed by atoms with van der Waals surface area (Å²) >= 11 is 0. The highest BCUT2D eigenvalue weighted by atomic mass is 16.5. The molecule has 1 saturated heterocycles. The summed E-state index contributed by atoms with van der Waals surface area (Å²) in [6.45, 7) is 12.1. The molecular weight excluding hydrogens is 238 g/mol. The molecule has 19 heavy (non-hydrogen) atoms. The fourth-order valence-corrected chi connectivity index (χ4v) is 2.51. The van der Waals surface area contributed by atoms with Gasteiger partial charge in [-0.05, 0) is 45.0 Å². The topological polar surface area (TPSA) is 37.4 Å². The molecule has 4 nitrogen and oxygen atoms in total. The van der Waals surface area contributed by atoms with Crippen LogP contribution in [-0.4, -0.2) is 36.8 Å². The molecule has 1 aliphatic heterocycles. The second-order valence-corrected chi connectivity index (χ2v) is 5.76. The van der Waals surface area contributed by atoms with E-state index in [1.165, 1.54) is 5.56 Å². The zero-order chi connectivity index (χ0) is 13.9. The van der Waals surface area contributed by atoms with Crippen molar-refractivity contribution in [3.05, 3.63) is 23.9 Å². The van der Waals surface area contributed by atoms with Gasteiger partial charge in [0.05, 0.1) is 12.2 Å². The number of morpholine rings is 1. The van der Waals surface area contributed by atoms with E-state index in [4.69, 9.17) is 4.74 Å². The Kier molecular flexibility index (Phi) is 4.42. The normalized spacial score (nSPS) is 20.3. The van der Waals surface area contributed by atoms with Crippen molar-refractivity contribution in [1.82, 2.24) is 10.3 Å². The van der Waals surface area contributed by atoms with Gasteiger partial charge in [0.15, 0.2) is 0 Å². The first kappa shape index (κ1) is 14.3. The van der Waals surface area contributed by atoms with Gasteiger partial charge >= 0.3 is 0 Å². The van der Waals surface area contributed by atoms with Gasteiger partial charge < -0.3 is 15.0 Å². The van der Waals surface area contributed by atoms with Gasteiger partial charge in [-0.2, -0.15) is 0 Å². The lowest BCUT2D eigenvalue weighted by atomic mass is 10.1. The zero-order valence-electron chi connectivity index (χ0n) is 12.4. The van der Waals surface area contributed by atoms with Crippen LogP contribution >= 0.6 is 0 Å². The first-order valence-electron chi connectivity index (χ1n) is 7.10. The number of rotatable bonds is 4. The summed E-state index contributed by atoms with van der Waals surface area (Å²) in [5, 5.41) is 3.44. The van der Waals surface area contributed by atoms with E-state index >= 15 is 0 Å².